The molecule has 2 rings (SSSR count). The summed E-state index contributed by atoms with van der Waals surface area (Å²) in [5, 5.41) is 0. The molecule has 4 nitrogen and oxygen atoms in total. The van der Waals surface area contributed by atoms with E-state index in [2.05, 4.69) is 30.6 Å². The van der Waals surface area contributed by atoms with Crippen LogP contribution < -0.4 is 0 Å². The van der Waals surface area contributed by atoms with Crippen LogP contribution in [0, 0.1) is 0 Å². The Morgan fingerprint density at radius 1 is 1.00 bits per heavy atom. The fraction of sp³-hybridized carbons (Fsp3) is 1.00. The lowest BCUT2D eigenvalue weighted by molar-refractivity contribution is -0.0514. The van der Waals surface area contributed by atoms with Gasteiger partial charge in [0.2, 0.25) is 0 Å². The highest BCUT2D eigenvalue weighted by atomic mass is 16.5. The van der Waals surface area contributed by atoms with Crippen LogP contribution in [0.2, 0.25) is 0 Å². The van der Waals surface area contributed by atoms with Gasteiger partial charge >= 0.3 is 0 Å². The van der Waals surface area contributed by atoms with Crippen molar-refractivity contribution in [3.8, 4) is 0 Å². The molecule has 0 N–H and O–H groups in total. The van der Waals surface area contributed by atoms with Gasteiger partial charge in [-0.1, -0.05) is 0 Å². The Kier molecular flexibility index (Phi) is 6.07. The zero-order chi connectivity index (χ0) is 13.7. The smallest absolute Gasteiger partial charge is 0.0717 e. The molecule has 0 spiro atoms. The van der Waals surface area contributed by atoms with Gasteiger partial charge in [-0.3, -0.25) is 9.80 Å². The standard InChI is InChI=1S/C15H30N2O2/c1-13(2)17-7-10-19-15(12-17)11-14(3)16-5-4-8-18-9-6-16/h13-15H,4-12H2,1-3H3. The summed E-state index contributed by atoms with van der Waals surface area (Å²) in [6.07, 6.45) is 2.70. The van der Waals surface area contributed by atoms with Crippen LogP contribution in [0.25, 0.3) is 0 Å². The van der Waals surface area contributed by atoms with E-state index in [-0.39, 0.29) is 0 Å². The van der Waals surface area contributed by atoms with Crippen molar-refractivity contribution >= 4 is 0 Å². The Morgan fingerprint density at radius 3 is 2.58 bits per heavy atom. The minimum absolute atomic E-state index is 0.398. The molecule has 19 heavy (non-hydrogen) atoms. The third kappa shape index (κ3) is 4.71. The molecular formula is C15H30N2O2. The maximum absolute atomic E-state index is 5.95. The average Bonchev–Trinajstić information content (AvgIpc) is 2.68. The number of hydrogen-bond acceptors (Lipinski definition) is 4. The molecule has 112 valence electrons. The monoisotopic (exact) mass is 270 g/mol. The van der Waals surface area contributed by atoms with Gasteiger partial charge in [0.1, 0.15) is 0 Å². The molecule has 2 atom stereocenters. The third-order valence-corrected chi connectivity index (χ3v) is 4.38. The zero-order valence-corrected chi connectivity index (χ0v) is 12.8. The van der Waals surface area contributed by atoms with E-state index < -0.39 is 0 Å². The Labute approximate surface area is 118 Å². The number of ether oxygens (including phenoxy) is 2. The van der Waals surface area contributed by atoms with E-state index in [1.807, 2.05) is 0 Å². The van der Waals surface area contributed by atoms with Crippen LogP contribution in [0.3, 0.4) is 0 Å². The molecule has 0 bridgehead atoms. The summed E-state index contributed by atoms with van der Waals surface area (Å²) in [6.45, 7) is 14.0. The molecule has 2 unspecified atom stereocenters. The first-order valence-corrected chi connectivity index (χ1v) is 7.84. The molecule has 2 fully saturated rings. The van der Waals surface area contributed by atoms with Gasteiger partial charge < -0.3 is 9.47 Å². The van der Waals surface area contributed by atoms with Crippen molar-refractivity contribution in [3.05, 3.63) is 0 Å². The summed E-state index contributed by atoms with van der Waals surface area (Å²) in [5.74, 6) is 0. The lowest BCUT2D eigenvalue weighted by Crippen LogP contribution is -2.48. The van der Waals surface area contributed by atoms with E-state index in [4.69, 9.17) is 9.47 Å². The van der Waals surface area contributed by atoms with Crippen molar-refractivity contribution in [1.29, 1.82) is 0 Å². The van der Waals surface area contributed by atoms with Crippen molar-refractivity contribution in [2.75, 3.05) is 46.0 Å². The topological polar surface area (TPSA) is 24.9 Å². The van der Waals surface area contributed by atoms with Gasteiger partial charge in [0, 0.05) is 44.9 Å². The molecule has 0 aliphatic carbocycles. The lowest BCUT2D eigenvalue weighted by Gasteiger charge is -2.38. The molecule has 0 aromatic carbocycles. The van der Waals surface area contributed by atoms with Crippen LogP contribution in [0.4, 0.5) is 0 Å². The minimum Gasteiger partial charge on any atom is -0.380 e. The van der Waals surface area contributed by atoms with Crippen LogP contribution in [0.1, 0.15) is 33.6 Å². The van der Waals surface area contributed by atoms with Crippen LogP contribution in [-0.2, 0) is 9.47 Å². The Bertz CT molecular complexity index is 253. The van der Waals surface area contributed by atoms with E-state index >= 15 is 0 Å². The molecule has 0 radical (unpaired) electrons. The van der Waals surface area contributed by atoms with E-state index in [9.17, 15) is 0 Å². The van der Waals surface area contributed by atoms with Gasteiger partial charge in [0.25, 0.3) is 0 Å². The Balaban J connectivity index is 1.78. The van der Waals surface area contributed by atoms with Crippen LogP contribution >= 0.6 is 0 Å². The van der Waals surface area contributed by atoms with Gasteiger partial charge in [0.05, 0.1) is 19.3 Å². The summed E-state index contributed by atoms with van der Waals surface area (Å²) < 4.78 is 11.5. The quantitative estimate of drug-likeness (QED) is 0.774. The van der Waals surface area contributed by atoms with Crippen LogP contribution in [-0.4, -0.2) is 74.0 Å². The van der Waals surface area contributed by atoms with Gasteiger partial charge in [-0.25, -0.2) is 0 Å². The first-order chi connectivity index (χ1) is 9.16. The normalized spacial score (nSPS) is 29.4. The van der Waals surface area contributed by atoms with Crippen LogP contribution in [0.5, 0.6) is 0 Å². The second-order valence-corrected chi connectivity index (χ2v) is 6.17. The van der Waals surface area contributed by atoms with E-state index in [0.29, 0.717) is 18.2 Å². The predicted molar refractivity (Wildman–Crippen MR) is 77.5 cm³/mol. The van der Waals surface area contributed by atoms with Crippen LogP contribution in [0.15, 0.2) is 0 Å². The molecule has 0 saturated carbocycles. The first kappa shape index (κ1) is 15.2. The highest BCUT2D eigenvalue weighted by Crippen LogP contribution is 2.16. The highest BCUT2D eigenvalue weighted by Gasteiger charge is 2.26. The van der Waals surface area contributed by atoms with Crippen molar-refractivity contribution in [2.24, 2.45) is 0 Å². The van der Waals surface area contributed by atoms with E-state index in [0.717, 1.165) is 52.3 Å². The largest absolute Gasteiger partial charge is 0.380 e. The predicted octanol–water partition coefficient (Wildman–Crippen LogP) is 1.60. The summed E-state index contributed by atoms with van der Waals surface area (Å²) in [4.78, 5) is 5.09. The number of morpholine rings is 1. The third-order valence-electron chi connectivity index (χ3n) is 4.38. The molecule has 2 saturated heterocycles. The van der Waals surface area contributed by atoms with E-state index in [1.165, 1.54) is 6.54 Å². The second-order valence-electron chi connectivity index (χ2n) is 6.17. The molecule has 2 heterocycles. The number of nitrogens with zero attached hydrogens (tertiary/aromatic N) is 2. The molecule has 2 aliphatic heterocycles. The average molecular weight is 270 g/mol. The fourth-order valence-corrected chi connectivity index (χ4v) is 3.09. The first-order valence-electron chi connectivity index (χ1n) is 7.84. The van der Waals surface area contributed by atoms with Gasteiger partial charge in [0.15, 0.2) is 0 Å². The molecule has 2 aliphatic rings. The number of rotatable bonds is 4. The minimum atomic E-state index is 0.398. The SMILES string of the molecule is CC(C)N1CCOC(CC(C)N2CCCOCC2)C1. The van der Waals surface area contributed by atoms with Gasteiger partial charge in [-0.2, -0.15) is 0 Å². The molecule has 0 aromatic heterocycles. The highest BCUT2D eigenvalue weighted by molar-refractivity contribution is 4.79. The summed E-state index contributed by atoms with van der Waals surface area (Å²) >= 11 is 0. The maximum atomic E-state index is 5.95. The Hall–Kier alpha value is -0.160. The number of hydrogen-bond donors (Lipinski definition) is 0. The van der Waals surface area contributed by atoms with Gasteiger partial charge in [-0.15, -0.1) is 0 Å². The summed E-state index contributed by atoms with van der Waals surface area (Å²) in [5.41, 5.74) is 0. The molecule has 4 heteroatoms. The second kappa shape index (κ2) is 7.58. The summed E-state index contributed by atoms with van der Waals surface area (Å²) in [7, 11) is 0. The van der Waals surface area contributed by atoms with Crippen molar-refractivity contribution in [2.45, 2.75) is 51.8 Å². The summed E-state index contributed by atoms with van der Waals surface area (Å²) in [6, 6.07) is 1.23. The van der Waals surface area contributed by atoms with E-state index in [1.54, 1.807) is 0 Å². The fourth-order valence-electron chi connectivity index (χ4n) is 3.09. The van der Waals surface area contributed by atoms with Crippen molar-refractivity contribution in [1.82, 2.24) is 9.80 Å². The maximum Gasteiger partial charge on any atom is 0.0717 e. The molecule has 0 amide bonds. The van der Waals surface area contributed by atoms with Crippen molar-refractivity contribution < 1.29 is 9.47 Å². The Morgan fingerprint density at radius 2 is 1.79 bits per heavy atom. The lowest BCUT2D eigenvalue weighted by atomic mass is 10.1. The zero-order valence-electron chi connectivity index (χ0n) is 12.8. The molecule has 0 aromatic rings. The van der Waals surface area contributed by atoms with Gasteiger partial charge in [-0.05, 0) is 33.6 Å². The molecular weight excluding hydrogens is 240 g/mol. The van der Waals surface area contributed by atoms with Crippen molar-refractivity contribution in [3.63, 3.8) is 0 Å².